The van der Waals surface area contributed by atoms with Crippen molar-refractivity contribution in [1.82, 2.24) is 20.2 Å². The molecular formula is C27H26N6O2S. The Kier molecular flexibility index (Phi) is 6.24. The van der Waals surface area contributed by atoms with Crippen molar-refractivity contribution in [2.75, 3.05) is 0 Å². The van der Waals surface area contributed by atoms with Crippen LogP contribution in [-0.2, 0) is 4.79 Å². The average Bonchev–Trinajstić information content (AvgIpc) is 3.33. The first kappa shape index (κ1) is 23.6. The first-order valence-corrected chi connectivity index (χ1v) is 12.4. The van der Waals surface area contributed by atoms with Gasteiger partial charge >= 0.3 is 0 Å². The average molecular weight is 499 g/mol. The van der Waals surface area contributed by atoms with E-state index >= 15 is 0 Å². The lowest BCUT2D eigenvalue weighted by Crippen LogP contribution is -2.21. The molecule has 0 saturated carbocycles. The van der Waals surface area contributed by atoms with Gasteiger partial charge in [-0.15, -0.1) is 21.5 Å². The zero-order valence-electron chi connectivity index (χ0n) is 20.5. The molecule has 0 fully saturated rings. The highest BCUT2D eigenvalue weighted by Gasteiger charge is 2.32. The molecule has 1 aliphatic heterocycles. The number of hydrazone groups is 1. The monoisotopic (exact) mass is 498 g/mol. The van der Waals surface area contributed by atoms with Crippen molar-refractivity contribution in [3.8, 4) is 10.8 Å². The molecule has 9 heteroatoms. The fraction of sp³-hybridized carbons (Fsp3) is 0.222. The predicted molar refractivity (Wildman–Crippen MR) is 141 cm³/mol. The molecular weight excluding hydrogens is 472 g/mol. The van der Waals surface area contributed by atoms with Gasteiger partial charge < -0.3 is 5.11 Å². The molecule has 3 heterocycles. The smallest absolute Gasteiger partial charge is 0.242 e. The van der Waals surface area contributed by atoms with Crippen LogP contribution in [-0.4, -0.2) is 37.7 Å². The minimum Gasteiger partial charge on any atom is -0.508 e. The Morgan fingerprint density at radius 1 is 1.08 bits per heavy atom. The van der Waals surface area contributed by atoms with Crippen LogP contribution in [0.4, 0.5) is 0 Å². The summed E-state index contributed by atoms with van der Waals surface area (Å²) in [6.07, 6.45) is 1.59. The lowest BCUT2D eigenvalue weighted by Gasteiger charge is -2.12. The molecule has 4 aromatic rings. The maximum atomic E-state index is 12.9. The number of aromatic nitrogens is 3. The summed E-state index contributed by atoms with van der Waals surface area (Å²) in [6.45, 7) is 8.19. The van der Waals surface area contributed by atoms with Crippen LogP contribution in [0.1, 0.15) is 56.8 Å². The number of aliphatic imine (C=N–C) groups is 1. The van der Waals surface area contributed by atoms with Gasteiger partial charge in [0.05, 0.1) is 18.3 Å². The molecule has 0 radical (unpaired) electrons. The number of nitrogens with zero attached hydrogens (tertiary/aromatic N) is 5. The summed E-state index contributed by atoms with van der Waals surface area (Å²) in [6, 6.07) is 14.3. The molecule has 2 aromatic carbocycles. The van der Waals surface area contributed by atoms with Crippen LogP contribution in [0.15, 0.2) is 58.6 Å². The molecule has 0 aliphatic carbocycles. The molecule has 1 aliphatic rings. The summed E-state index contributed by atoms with van der Waals surface area (Å²) < 4.78 is 2.03. The number of hydrogen-bond acceptors (Lipinski definition) is 7. The summed E-state index contributed by atoms with van der Waals surface area (Å²) in [4.78, 5) is 19.2. The number of thiophene rings is 1. The second-order valence-electron chi connectivity index (χ2n) is 8.85. The molecule has 2 aromatic heterocycles. The van der Waals surface area contributed by atoms with Crippen molar-refractivity contribution >= 4 is 29.2 Å². The summed E-state index contributed by atoms with van der Waals surface area (Å²) >= 11 is 1.69. The molecule has 0 spiro atoms. The van der Waals surface area contributed by atoms with Gasteiger partial charge in [0.2, 0.25) is 5.91 Å². The fourth-order valence-electron chi connectivity index (χ4n) is 4.20. The number of nitrogens with one attached hydrogen (secondary N) is 1. The standard InChI is InChI=1S/C27H26N6O2S/c1-15-5-9-20(10-6-15)25-24-16(2)17(3)36-27(24)33-18(4)30-32-26(33)22(29-25)13-23(35)31-28-14-19-7-11-21(34)12-8-19/h5-12,14,22,34H,13H2,1-4H3,(H,31,35)/b28-14+/t22-/m0/s1. The highest BCUT2D eigenvalue weighted by molar-refractivity contribution is 7.15. The van der Waals surface area contributed by atoms with Crippen LogP contribution in [0.3, 0.4) is 0 Å². The van der Waals surface area contributed by atoms with Gasteiger partial charge in [-0.3, -0.25) is 14.4 Å². The minimum atomic E-state index is -0.536. The lowest BCUT2D eigenvalue weighted by atomic mass is 9.99. The zero-order valence-corrected chi connectivity index (χ0v) is 21.3. The predicted octanol–water partition coefficient (Wildman–Crippen LogP) is 4.70. The van der Waals surface area contributed by atoms with Crippen molar-refractivity contribution in [2.24, 2.45) is 10.1 Å². The number of aromatic hydroxyl groups is 1. The Morgan fingerprint density at radius 2 is 1.81 bits per heavy atom. The van der Waals surface area contributed by atoms with E-state index in [-0.39, 0.29) is 18.1 Å². The summed E-state index contributed by atoms with van der Waals surface area (Å²) in [5, 5.41) is 23.3. The van der Waals surface area contributed by atoms with E-state index in [4.69, 9.17) is 4.99 Å². The molecule has 1 atom stereocenters. The maximum absolute atomic E-state index is 12.9. The third-order valence-electron chi connectivity index (χ3n) is 6.24. The quantitative estimate of drug-likeness (QED) is 0.307. The summed E-state index contributed by atoms with van der Waals surface area (Å²) in [5.41, 5.74) is 8.58. The van der Waals surface area contributed by atoms with Gasteiger partial charge in [0.1, 0.15) is 22.6 Å². The van der Waals surface area contributed by atoms with Crippen molar-refractivity contribution in [3.05, 3.63) is 92.9 Å². The van der Waals surface area contributed by atoms with Crippen LogP contribution in [0.5, 0.6) is 5.75 Å². The number of phenolic OH excluding ortho intramolecular Hbond substituents is 1. The molecule has 0 bridgehead atoms. The highest BCUT2D eigenvalue weighted by Crippen LogP contribution is 2.39. The minimum absolute atomic E-state index is 0.0629. The van der Waals surface area contributed by atoms with Gasteiger partial charge in [-0.1, -0.05) is 29.8 Å². The SMILES string of the molecule is Cc1ccc(C2=N[C@@H](CC(=O)N/N=C/c3ccc(O)cc3)c3nnc(C)n3-c3sc(C)c(C)c32)cc1. The normalized spacial score (nSPS) is 14.8. The number of carbonyl (C=O) groups excluding carboxylic acids is 1. The van der Waals surface area contributed by atoms with Crippen LogP contribution in [0.2, 0.25) is 0 Å². The number of benzene rings is 2. The Hall–Kier alpha value is -4.11. The lowest BCUT2D eigenvalue weighted by molar-refractivity contribution is -0.121. The maximum Gasteiger partial charge on any atom is 0.242 e. The summed E-state index contributed by atoms with van der Waals surface area (Å²) in [7, 11) is 0. The molecule has 5 rings (SSSR count). The number of rotatable bonds is 5. The largest absolute Gasteiger partial charge is 0.508 e. The van der Waals surface area contributed by atoms with E-state index in [1.807, 2.05) is 11.5 Å². The first-order valence-electron chi connectivity index (χ1n) is 11.6. The second-order valence-corrected chi connectivity index (χ2v) is 10.1. The molecule has 0 saturated heterocycles. The first-order chi connectivity index (χ1) is 17.3. The van der Waals surface area contributed by atoms with E-state index in [0.29, 0.717) is 5.82 Å². The van der Waals surface area contributed by atoms with Gasteiger partial charge in [0.15, 0.2) is 5.82 Å². The number of hydrogen-bond donors (Lipinski definition) is 2. The van der Waals surface area contributed by atoms with E-state index < -0.39 is 6.04 Å². The highest BCUT2D eigenvalue weighted by atomic mass is 32.1. The van der Waals surface area contributed by atoms with E-state index in [1.54, 1.807) is 35.6 Å². The number of amides is 1. The van der Waals surface area contributed by atoms with Gasteiger partial charge in [-0.2, -0.15) is 5.10 Å². The topological polar surface area (TPSA) is 105 Å². The van der Waals surface area contributed by atoms with Crippen molar-refractivity contribution in [1.29, 1.82) is 0 Å². The summed E-state index contributed by atoms with van der Waals surface area (Å²) in [5.74, 6) is 1.27. The van der Waals surface area contributed by atoms with Crippen molar-refractivity contribution < 1.29 is 9.90 Å². The number of carbonyl (C=O) groups is 1. The Balaban J connectivity index is 1.52. The van der Waals surface area contributed by atoms with E-state index in [1.165, 1.54) is 16.7 Å². The number of fused-ring (bicyclic) bond motifs is 3. The Bertz CT molecular complexity index is 1500. The van der Waals surface area contributed by atoms with Crippen LogP contribution in [0, 0.1) is 27.7 Å². The molecule has 182 valence electrons. The number of phenols is 1. The molecule has 8 nitrogen and oxygen atoms in total. The third-order valence-corrected chi connectivity index (χ3v) is 7.43. The van der Waals surface area contributed by atoms with Gasteiger partial charge in [-0.05, 0) is 63.1 Å². The van der Waals surface area contributed by atoms with Crippen LogP contribution in [0.25, 0.3) is 5.00 Å². The molecule has 1 amide bonds. The van der Waals surface area contributed by atoms with E-state index in [9.17, 15) is 9.90 Å². The molecule has 36 heavy (non-hydrogen) atoms. The van der Waals surface area contributed by atoms with Crippen molar-refractivity contribution in [2.45, 2.75) is 40.2 Å². The zero-order chi connectivity index (χ0) is 25.4. The molecule has 2 N–H and O–H groups in total. The van der Waals surface area contributed by atoms with E-state index in [2.05, 4.69) is 65.8 Å². The van der Waals surface area contributed by atoms with Gasteiger partial charge in [0, 0.05) is 16.0 Å². The van der Waals surface area contributed by atoms with Gasteiger partial charge in [0.25, 0.3) is 0 Å². The van der Waals surface area contributed by atoms with Crippen molar-refractivity contribution in [3.63, 3.8) is 0 Å². The van der Waals surface area contributed by atoms with E-state index in [0.717, 1.165) is 38.8 Å². The Morgan fingerprint density at radius 3 is 2.53 bits per heavy atom. The van der Waals surface area contributed by atoms with Crippen LogP contribution >= 0.6 is 11.3 Å². The second kappa shape index (κ2) is 9.50. The Labute approximate surface area is 213 Å². The van der Waals surface area contributed by atoms with Gasteiger partial charge in [-0.25, -0.2) is 5.43 Å². The third kappa shape index (κ3) is 4.45. The number of aryl methyl sites for hydroxylation is 3. The van der Waals surface area contributed by atoms with Crippen LogP contribution < -0.4 is 5.43 Å². The molecule has 0 unspecified atom stereocenters. The fourth-order valence-corrected chi connectivity index (χ4v) is 5.41.